The number of thioether (sulfide) groups is 1. The van der Waals surface area contributed by atoms with Crippen LogP contribution in [0.2, 0.25) is 0 Å². The van der Waals surface area contributed by atoms with Crippen LogP contribution in [0.1, 0.15) is 20.8 Å². The Bertz CT molecular complexity index is 250. The van der Waals surface area contributed by atoms with E-state index in [0.29, 0.717) is 13.1 Å². The largest absolute Gasteiger partial charge is 0.359 e. The molecule has 1 amide bonds. The summed E-state index contributed by atoms with van der Waals surface area (Å²) in [7, 11) is 0. The van der Waals surface area contributed by atoms with Crippen LogP contribution in [0.15, 0.2) is 4.99 Å². The van der Waals surface area contributed by atoms with Gasteiger partial charge in [-0.1, -0.05) is 11.8 Å². The predicted octanol–water partition coefficient (Wildman–Crippen LogP) is 0.593. The Morgan fingerprint density at radius 2 is 2.43 bits per heavy atom. The van der Waals surface area contributed by atoms with Crippen LogP contribution in [0.25, 0.3) is 0 Å². The van der Waals surface area contributed by atoms with E-state index >= 15 is 0 Å². The van der Waals surface area contributed by atoms with E-state index < -0.39 is 0 Å². The Labute approximate surface area is 88.9 Å². The highest BCUT2D eigenvalue weighted by molar-refractivity contribution is 8.14. The van der Waals surface area contributed by atoms with Crippen LogP contribution in [-0.2, 0) is 4.79 Å². The van der Waals surface area contributed by atoms with Gasteiger partial charge < -0.3 is 10.6 Å². The zero-order chi connectivity index (χ0) is 10.6. The minimum absolute atomic E-state index is 0.00226. The SMILES string of the molecule is CC(=O)NCCN=C1NC(C)(C)CS1. The van der Waals surface area contributed by atoms with Crippen molar-refractivity contribution in [3.63, 3.8) is 0 Å². The third-order valence-corrected chi connectivity index (χ3v) is 3.13. The molecule has 2 N–H and O–H groups in total. The first-order valence-corrected chi connectivity index (χ1v) is 5.68. The van der Waals surface area contributed by atoms with Crippen molar-refractivity contribution in [2.45, 2.75) is 26.3 Å². The quantitative estimate of drug-likeness (QED) is 0.678. The fourth-order valence-corrected chi connectivity index (χ4v) is 2.19. The molecule has 1 rings (SSSR count). The average Bonchev–Trinajstić information content (AvgIpc) is 2.39. The van der Waals surface area contributed by atoms with Gasteiger partial charge in [0.25, 0.3) is 0 Å². The zero-order valence-electron chi connectivity index (χ0n) is 8.89. The van der Waals surface area contributed by atoms with Gasteiger partial charge in [0.15, 0.2) is 5.17 Å². The second-order valence-electron chi connectivity index (χ2n) is 3.97. The van der Waals surface area contributed by atoms with Crippen LogP contribution in [0.3, 0.4) is 0 Å². The molecule has 1 heterocycles. The molecule has 0 aromatic heterocycles. The highest BCUT2D eigenvalue weighted by Crippen LogP contribution is 2.21. The number of nitrogens with zero attached hydrogens (tertiary/aromatic N) is 1. The van der Waals surface area contributed by atoms with Crippen molar-refractivity contribution in [2.75, 3.05) is 18.8 Å². The summed E-state index contributed by atoms with van der Waals surface area (Å²) in [5.74, 6) is 1.05. The Morgan fingerprint density at radius 1 is 1.71 bits per heavy atom. The summed E-state index contributed by atoms with van der Waals surface area (Å²) in [6, 6.07) is 0. The molecule has 80 valence electrons. The molecule has 0 bridgehead atoms. The van der Waals surface area contributed by atoms with Crippen molar-refractivity contribution >= 4 is 22.8 Å². The van der Waals surface area contributed by atoms with E-state index in [9.17, 15) is 4.79 Å². The molecule has 0 aliphatic carbocycles. The highest BCUT2D eigenvalue weighted by atomic mass is 32.2. The molecule has 1 saturated heterocycles. The molecule has 0 saturated carbocycles. The first-order valence-electron chi connectivity index (χ1n) is 4.69. The Balaban J connectivity index is 2.23. The minimum Gasteiger partial charge on any atom is -0.359 e. The van der Waals surface area contributed by atoms with E-state index in [2.05, 4.69) is 29.5 Å². The van der Waals surface area contributed by atoms with Crippen molar-refractivity contribution in [3.05, 3.63) is 0 Å². The van der Waals surface area contributed by atoms with Crippen LogP contribution in [0.5, 0.6) is 0 Å². The maximum absolute atomic E-state index is 10.6. The van der Waals surface area contributed by atoms with Crippen LogP contribution >= 0.6 is 11.8 Å². The summed E-state index contributed by atoms with van der Waals surface area (Å²) < 4.78 is 0. The van der Waals surface area contributed by atoms with Crippen molar-refractivity contribution in [3.8, 4) is 0 Å². The van der Waals surface area contributed by atoms with Gasteiger partial charge in [-0.05, 0) is 13.8 Å². The van der Waals surface area contributed by atoms with Gasteiger partial charge in [0.1, 0.15) is 0 Å². The molecule has 1 aliphatic rings. The molecular formula is C9H17N3OS. The Kier molecular flexibility index (Phi) is 3.80. The van der Waals surface area contributed by atoms with Gasteiger partial charge in [-0.2, -0.15) is 0 Å². The normalized spacial score (nSPS) is 22.1. The van der Waals surface area contributed by atoms with E-state index in [-0.39, 0.29) is 11.4 Å². The molecule has 14 heavy (non-hydrogen) atoms. The average molecular weight is 215 g/mol. The molecule has 1 fully saturated rings. The molecule has 0 aromatic carbocycles. The second-order valence-corrected chi connectivity index (χ2v) is 4.93. The summed E-state index contributed by atoms with van der Waals surface area (Å²) >= 11 is 1.73. The molecule has 1 aliphatic heterocycles. The third kappa shape index (κ3) is 4.00. The predicted molar refractivity (Wildman–Crippen MR) is 60.7 cm³/mol. The van der Waals surface area contributed by atoms with Gasteiger partial charge in [0.05, 0.1) is 6.54 Å². The number of carbonyl (C=O) groups excluding carboxylic acids is 1. The smallest absolute Gasteiger partial charge is 0.216 e. The van der Waals surface area contributed by atoms with Crippen molar-refractivity contribution in [1.82, 2.24) is 10.6 Å². The highest BCUT2D eigenvalue weighted by Gasteiger charge is 2.26. The summed E-state index contributed by atoms with van der Waals surface area (Å²) in [6.07, 6.45) is 0. The summed E-state index contributed by atoms with van der Waals surface area (Å²) in [5, 5.41) is 7.01. The van der Waals surface area contributed by atoms with Crippen molar-refractivity contribution in [2.24, 2.45) is 4.99 Å². The fourth-order valence-electron chi connectivity index (χ4n) is 1.08. The lowest BCUT2D eigenvalue weighted by molar-refractivity contribution is -0.118. The summed E-state index contributed by atoms with van der Waals surface area (Å²) in [4.78, 5) is 14.9. The number of amides is 1. The molecule has 0 atom stereocenters. The number of amidine groups is 1. The number of rotatable bonds is 3. The number of carbonyl (C=O) groups is 1. The van der Waals surface area contributed by atoms with Crippen molar-refractivity contribution < 1.29 is 4.79 Å². The number of hydrogen-bond acceptors (Lipinski definition) is 3. The summed E-state index contributed by atoms with van der Waals surface area (Å²) in [5.41, 5.74) is 0.150. The van der Waals surface area contributed by atoms with Crippen molar-refractivity contribution in [1.29, 1.82) is 0 Å². The first-order chi connectivity index (χ1) is 6.49. The monoisotopic (exact) mass is 215 g/mol. The van der Waals surface area contributed by atoms with Gasteiger partial charge >= 0.3 is 0 Å². The maximum atomic E-state index is 10.6. The summed E-state index contributed by atoms with van der Waals surface area (Å²) in [6.45, 7) is 7.07. The third-order valence-electron chi connectivity index (χ3n) is 1.76. The lowest BCUT2D eigenvalue weighted by atomic mass is 10.1. The number of hydrogen-bond donors (Lipinski definition) is 2. The maximum Gasteiger partial charge on any atom is 0.216 e. The molecule has 0 spiro atoms. The van der Waals surface area contributed by atoms with E-state index in [1.165, 1.54) is 6.92 Å². The van der Waals surface area contributed by atoms with Crippen LogP contribution in [-0.4, -0.2) is 35.5 Å². The van der Waals surface area contributed by atoms with E-state index in [4.69, 9.17) is 0 Å². The van der Waals surface area contributed by atoms with Gasteiger partial charge in [-0.15, -0.1) is 0 Å². The molecular weight excluding hydrogens is 198 g/mol. The molecule has 4 nitrogen and oxygen atoms in total. The van der Waals surface area contributed by atoms with E-state index in [1.54, 1.807) is 11.8 Å². The van der Waals surface area contributed by atoms with E-state index in [1.807, 2.05) is 0 Å². The second kappa shape index (κ2) is 4.68. The van der Waals surface area contributed by atoms with E-state index in [0.717, 1.165) is 10.9 Å². The van der Waals surface area contributed by atoms with Crippen LogP contribution in [0.4, 0.5) is 0 Å². The lowest BCUT2D eigenvalue weighted by Gasteiger charge is -2.15. The molecule has 0 radical (unpaired) electrons. The Morgan fingerprint density at radius 3 is 2.93 bits per heavy atom. The fraction of sp³-hybridized carbons (Fsp3) is 0.778. The van der Waals surface area contributed by atoms with Gasteiger partial charge in [0, 0.05) is 24.8 Å². The van der Waals surface area contributed by atoms with Gasteiger partial charge in [-0.3, -0.25) is 9.79 Å². The zero-order valence-corrected chi connectivity index (χ0v) is 9.70. The number of aliphatic imine (C=N–C) groups is 1. The lowest BCUT2D eigenvalue weighted by Crippen LogP contribution is -2.37. The van der Waals surface area contributed by atoms with Gasteiger partial charge in [0.2, 0.25) is 5.91 Å². The Hall–Kier alpha value is -0.710. The number of nitrogens with one attached hydrogen (secondary N) is 2. The topological polar surface area (TPSA) is 53.5 Å². The van der Waals surface area contributed by atoms with Crippen LogP contribution in [0, 0.1) is 0 Å². The standard InChI is InChI=1S/C9H17N3OS/c1-7(13)10-4-5-11-8-12-9(2,3)6-14-8/h4-6H2,1-3H3,(H,10,13)(H,11,12). The minimum atomic E-state index is -0.00226. The first kappa shape index (κ1) is 11.4. The molecule has 0 aromatic rings. The van der Waals surface area contributed by atoms with Gasteiger partial charge in [-0.25, -0.2) is 0 Å². The van der Waals surface area contributed by atoms with Crippen LogP contribution < -0.4 is 10.6 Å². The molecule has 0 unspecified atom stereocenters. The molecule has 5 heteroatoms.